The third-order valence-electron chi connectivity index (χ3n) is 19.5. The highest BCUT2D eigenvalue weighted by Gasteiger charge is 2.39. The van der Waals surface area contributed by atoms with Crippen LogP contribution < -0.4 is 0 Å². The van der Waals surface area contributed by atoms with Crippen molar-refractivity contribution in [3.63, 3.8) is 0 Å². The first kappa shape index (κ1) is 53.5. The molecule has 3 saturated carbocycles. The van der Waals surface area contributed by atoms with E-state index in [9.17, 15) is 0 Å². The number of aromatic nitrogens is 3. The summed E-state index contributed by atoms with van der Waals surface area (Å²) in [7, 11) is 0. The van der Waals surface area contributed by atoms with E-state index in [1.807, 2.05) is 0 Å². The largest absolute Gasteiger partial charge is 0.309 e. The van der Waals surface area contributed by atoms with E-state index < -0.39 is 0 Å². The summed E-state index contributed by atoms with van der Waals surface area (Å²) in [4.78, 5) is 0. The Kier molecular flexibility index (Phi) is 16.3. The smallest absolute Gasteiger partial charge is 0.0538 e. The first-order chi connectivity index (χ1) is 37.6. The molecule has 0 radical (unpaired) electrons. The van der Waals surface area contributed by atoms with Gasteiger partial charge in [-0.1, -0.05) is 150 Å². The summed E-state index contributed by atoms with van der Waals surface area (Å²) in [5, 5.41) is 0. The average Bonchev–Trinajstić information content (AvgIpc) is 3.98. The number of unbranched alkanes of at least 4 members (excludes halogenated alkanes) is 2. The summed E-state index contributed by atoms with van der Waals surface area (Å²) in [6.45, 7) is 21.3. The Morgan fingerprint density at radius 2 is 1.27 bits per heavy atom. The van der Waals surface area contributed by atoms with Gasteiger partial charge in [0.05, 0.1) is 45.5 Å². The van der Waals surface area contributed by atoms with Crippen molar-refractivity contribution < 1.29 is 0 Å². The van der Waals surface area contributed by atoms with E-state index in [0.29, 0.717) is 41.4 Å². The molecule has 7 unspecified atom stereocenters. The molecule has 1 aromatic carbocycles. The van der Waals surface area contributed by atoms with Gasteiger partial charge >= 0.3 is 0 Å². The molecule has 0 amide bonds. The van der Waals surface area contributed by atoms with Gasteiger partial charge in [0.1, 0.15) is 0 Å². The minimum atomic E-state index is 0.501. The van der Waals surface area contributed by atoms with Gasteiger partial charge in [0.15, 0.2) is 0 Å². The van der Waals surface area contributed by atoms with Crippen LogP contribution in [0.15, 0.2) is 76.9 Å². The molecule has 4 bridgehead atoms. The van der Waals surface area contributed by atoms with E-state index in [1.165, 1.54) is 193 Å². The van der Waals surface area contributed by atoms with E-state index in [1.54, 1.807) is 16.7 Å². The quantitative estimate of drug-likeness (QED) is 0.113. The predicted molar refractivity (Wildman–Crippen MR) is 337 cm³/mol. The number of rotatable bonds is 15. The molecule has 3 nitrogen and oxygen atoms in total. The monoisotopic (exact) mass is 1020 g/mol. The van der Waals surface area contributed by atoms with Crippen LogP contribution in [0.1, 0.15) is 257 Å². The van der Waals surface area contributed by atoms with E-state index in [2.05, 4.69) is 191 Å². The maximum Gasteiger partial charge on any atom is 0.0538 e. The van der Waals surface area contributed by atoms with Crippen LogP contribution in [0.5, 0.6) is 0 Å². The van der Waals surface area contributed by atoms with Crippen molar-refractivity contribution in [2.24, 2.45) is 35.5 Å². The Bertz CT molecular complexity index is 3170. The van der Waals surface area contributed by atoms with Gasteiger partial charge in [0.25, 0.3) is 0 Å². The van der Waals surface area contributed by atoms with Gasteiger partial charge in [0, 0.05) is 27.9 Å². The fraction of sp³-hybridized carbons (Fsp3) is 0.486. The van der Waals surface area contributed by atoms with Gasteiger partial charge in [0.2, 0.25) is 0 Å². The second kappa shape index (κ2) is 23.4. The van der Waals surface area contributed by atoms with E-state index >= 15 is 0 Å². The summed E-state index contributed by atoms with van der Waals surface area (Å²) in [6.07, 6.45) is 65.3. The van der Waals surface area contributed by atoms with Crippen molar-refractivity contribution in [2.75, 3.05) is 0 Å². The van der Waals surface area contributed by atoms with Crippen LogP contribution in [0.25, 0.3) is 77.8 Å². The van der Waals surface area contributed by atoms with Crippen molar-refractivity contribution in [3.8, 4) is 17.1 Å². The highest BCUT2D eigenvalue weighted by molar-refractivity contribution is 5.85. The fourth-order valence-electron chi connectivity index (χ4n) is 15.3. The Labute approximate surface area is 465 Å². The average molecular weight is 1020 g/mol. The standard InChI is InChI=1S/C74H93N3/c1-10-15-21-49(6)40-63-52(9)67(34-29-53(13-4)23-16-11-2)75(68(63)20-12-3)60-46-61(76-69-35-30-54(14-5)39-50(7)41-64(69)65-44-57-26-18-24-55(42-57)31-36-70(65)76)48-62(47-60)77-71-37-32-56-25-19-27-58(43-56)45-66(71)74-72(77)38-33-59-28-17-22-51(8)73(59)74/h12,20,29-38,40-41,44-48,51,53-56,59,73H,10-11,13-19,21-28,39,42-43H2,1-9H3/b20-12-,34-29-,35-30-,36-31-,37-32-,49-40-,50-41-,57-44-,58-45-. The van der Waals surface area contributed by atoms with Gasteiger partial charge in [-0.05, 0) is 231 Å². The first-order valence-corrected chi connectivity index (χ1v) is 31.3. The molecular weight excluding hydrogens is 931 g/mol. The molecule has 3 heterocycles. The van der Waals surface area contributed by atoms with Crippen molar-refractivity contribution in [1.29, 1.82) is 0 Å². The second-order valence-electron chi connectivity index (χ2n) is 25.2. The van der Waals surface area contributed by atoms with Crippen molar-refractivity contribution >= 4 is 60.8 Å². The normalized spacial score (nSPS) is 27.4. The highest BCUT2D eigenvalue weighted by atomic mass is 15.1. The lowest BCUT2D eigenvalue weighted by molar-refractivity contribution is 0.269. The molecule has 0 N–H and O–H groups in total. The second-order valence-corrected chi connectivity index (χ2v) is 25.2. The number of fused-ring (bicyclic) bond motifs is 12. The number of nitrogens with zero attached hydrogens (tertiary/aromatic N) is 3. The Hall–Kier alpha value is -5.54. The van der Waals surface area contributed by atoms with Crippen LogP contribution in [0.2, 0.25) is 0 Å². The molecule has 7 atom stereocenters. The van der Waals surface area contributed by atoms with E-state index in [4.69, 9.17) is 0 Å². The molecule has 4 aromatic rings. The van der Waals surface area contributed by atoms with E-state index in [0.717, 1.165) is 25.7 Å². The molecule has 0 aliphatic heterocycles. The van der Waals surface area contributed by atoms with Gasteiger partial charge in [-0.3, -0.25) is 0 Å². The van der Waals surface area contributed by atoms with Gasteiger partial charge in [-0.15, -0.1) is 0 Å². The van der Waals surface area contributed by atoms with Gasteiger partial charge in [-0.2, -0.15) is 0 Å². The molecular formula is C74H93N3. The Balaban J connectivity index is 1.27. The van der Waals surface area contributed by atoms with E-state index in [-0.39, 0.29) is 0 Å². The summed E-state index contributed by atoms with van der Waals surface area (Å²) >= 11 is 0. The van der Waals surface area contributed by atoms with Crippen molar-refractivity contribution in [1.82, 2.24) is 13.7 Å². The minimum Gasteiger partial charge on any atom is -0.309 e. The lowest BCUT2D eigenvalue weighted by Gasteiger charge is -2.38. The van der Waals surface area contributed by atoms with Crippen LogP contribution in [0.3, 0.4) is 0 Å². The number of allylic oxidation sites excluding steroid dienone is 10. The fourth-order valence-corrected chi connectivity index (χ4v) is 15.3. The van der Waals surface area contributed by atoms with Crippen molar-refractivity contribution in [3.05, 3.63) is 144 Å². The zero-order valence-electron chi connectivity index (χ0n) is 49.0. The Morgan fingerprint density at radius 3 is 1.94 bits per heavy atom. The Morgan fingerprint density at radius 1 is 0.649 bits per heavy atom. The molecule has 0 spiro atoms. The van der Waals surface area contributed by atoms with Crippen molar-refractivity contribution in [2.45, 2.75) is 197 Å². The van der Waals surface area contributed by atoms with Gasteiger partial charge < -0.3 is 13.7 Å². The highest BCUT2D eigenvalue weighted by Crippen LogP contribution is 2.52. The van der Waals surface area contributed by atoms with Crippen LogP contribution in [-0.2, 0) is 0 Å². The summed E-state index contributed by atoms with van der Waals surface area (Å²) in [5.74, 6) is 3.96. The summed E-state index contributed by atoms with van der Waals surface area (Å²) in [5.41, 5.74) is 26.5. The number of hydrogen-bond donors (Lipinski definition) is 0. The van der Waals surface area contributed by atoms with Gasteiger partial charge in [-0.25, -0.2) is 0 Å². The molecule has 7 aliphatic rings. The SMILES string of the molecule is C/C=C\c1c(/C=C(/C)CCCC)c(C)c(/C=C\C(CC)CCCC)n1-c1cc(-n2c3c(c4c2/C=C\C2CCC/C(=C/4)C2)C2C(C)CCCC2C=C3)cc(-n2c3c(c4c2/C=C\C2CCC/C(=C/4)C2)/C=C(/C)CC(CC)/C=C\3)c1. The molecule has 0 saturated heterocycles. The minimum absolute atomic E-state index is 0.501. The zero-order valence-corrected chi connectivity index (χ0v) is 49.0. The molecule has 3 fully saturated rings. The molecule has 404 valence electrons. The zero-order chi connectivity index (χ0) is 53.3. The lowest BCUT2D eigenvalue weighted by atomic mass is 9.66. The molecule has 77 heavy (non-hydrogen) atoms. The molecule has 7 aliphatic carbocycles. The van der Waals surface area contributed by atoms with Crippen LogP contribution >= 0.6 is 0 Å². The maximum absolute atomic E-state index is 2.75. The molecule has 3 heteroatoms. The third-order valence-corrected chi connectivity index (χ3v) is 19.5. The third kappa shape index (κ3) is 10.6. The van der Waals surface area contributed by atoms with Crippen LogP contribution in [-0.4, -0.2) is 13.7 Å². The van der Waals surface area contributed by atoms with Crippen LogP contribution in [0, 0.1) is 42.4 Å². The predicted octanol–water partition coefficient (Wildman–Crippen LogP) is 21.8. The first-order valence-electron chi connectivity index (χ1n) is 31.3. The summed E-state index contributed by atoms with van der Waals surface area (Å²) < 4.78 is 8.13. The maximum atomic E-state index is 2.75. The molecule has 3 aromatic heterocycles. The summed E-state index contributed by atoms with van der Waals surface area (Å²) in [6, 6.07) is 7.78. The lowest BCUT2D eigenvalue weighted by Crippen LogP contribution is -2.26. The van der Waals surface area contributed by atoms with Crippen LogP contribution in [0.4, 0.5) is 0 Å². The number of benzene rings is 1. The molecule has 11 rings (SSSR count). The number of hydrogen-bond acceptors (Lipinski definition) is 0. The topological polar surface area (TPSA) is 14.8 Å².